The summed E-state index contributed by atoms with van der Waals surface area (Å²) in [5.74, 6) is 0.0272. The average Bonchev–Trinajstić information content (AvgIpc) is 2.14. The third kappa shape index (κ3) is 3.93. The summed E-state index contributed by atoms with van der Waals surface area (Å²) in [6.07, 6.45) is 0.110. The molecule has 0 saturated carbocycles. The fourth-order valence-electron chi connectivity index (χ4n) is 1.45. The molecule has 0 spiro atoms. The van der Waals surface area contributed by atoms with Crippen LogP contribution in [0.3, 0.4) is 0 Å². The molecule has 0 bridgehead atoms. The Morgan fingerprint density at radius 3 is 2.56 bits per heavy atom. The lowest BCUT2D eigenvalue weighted by molar-refractivity contribution is -0.139. The number of aryl methyl sites for hydroxylation is 1. The molecule has 0 atom stereocenters. The highest BCUT2D eigenvalue weighted by Gasteiger charge is 2.22. The number of hydrogen-bond acceptors (Lipinski definition) is 2. The van der Waals surface area contributed by atoms with Gasteiger partial charge >= 0.3 is 5.97 Å². The van der Waals surface area contributed by atoms with E-state index in [9.17, 15) is 4.79 Å². The maximum Gasteiger partial charge on any atom is 0.304 e. The van der Waals surface area contributed by atoms with Gasteiger partial charge in [-0.3, -0.25) is 4.79 Å². The molecule has 1 rings (SSSR count). The van der Waals surface area contributed by atoms with Crippen molar-refractivity contribution >= 4 is 5.97 Å². The normalized spacial score (nSPS) is 11.2. The second kappa shape index (κ2) is 5.01. The number of carbonyl (C=O) groups is 1. The first kappa shape index (κ1) is 12.6. The van der Waals surface area contributed by atoms with Crippen LogP contribution in [0.15, 0.2) is 24.3 Å². The summed E-state index contributed by atoms with van der Waals surface area (Å²) in [6, 6.07) is 7.73. The molecule has 0 amide bonds. The van der Waals surface area contributed by atoms with Crippen molar-refractivity contribution in [2.24, 2.45) is 5.41 Å². The quantitative estimate of drug-likeness (QED) is 0.833. The van der Waals surface area contributed by atoms with Crippen molar-refractivity contribution in [3.63, 3.8) is 0 Å². The zero-order valence-electron chi connectivity index (χ0n) is 9.99. The molecule has 0 aliphatic heterocycles. The van der Waals surface area contributed by atoms with Gasteiger partial charge in [-0.1, -0.05) is 32.0 Å². The van der Waals surface area contributed by atoms with Gasteiger partial charge in [0.05, 0.1) is 13.0 Å². The molecule has 0 saturated heterocycles. The minimum Gasteiger partial charge on any atom is -0.493 e. The number of carboxylic acid groups (broad SMARTS) is 1. The van der Waals surface area contributed by atoms with E-state index in [1.54, 1.807) is 0 Å². The van der Waals surface area contributed by atoms with E-state index in [2.05, 4.69) is 0 Å². The van der Waals surface area contributed by atoms with Gasteiger partial charge in [0.15, 0.2) is 0 Å². The Morgan fingerprint density at radius 1 is 1.38 bits per heavy atom. The first-order chi connectivity index (χ1) is 7.41. The lowest BCUT2D eigenvalue weighted by Crippen LogP contribution is -2.24. The van der Waals surface area contributed by atoms with Gasteiger partial charge in [0, 0.05) is 5.41 Å². The Balaban J connectivity index is 2.57. The molecule has 0 aliphatic carbocycles. The van der Waals surface area contributed by atoms with E-state index in [0.29, 0.717) is 6.61 Å². The molecule has 1 aromatic rings. The lowest BCUT2D eigenvalue weighted by Gasteiger charge is -2.23. The first-order valence-corrected chi connectivity index (χ1v) is 5.31. The summed E-state index contributed by atoms with van der Waals surface area (Å²) in [5.41, 5.74) is 0.710. The molecule has 0 unspecified atom stereocenters. The van der Waals surface area contributed by atoms with Crippen molar-refractivity contribution in [2.45, 2.75) is 27.2 Å². The lowest BCUT2D eigenvalue weighted by atomic mass is 9.90. The van der Waals surface area contributed by atoms with E-state index in [1.807, 2.05) is 45.0 Å². The minimum atomic E-state index is -0.793. The number of carboxylic acids is 1. The number of ether oxygens (including phenoxy) is 1. The van der Waals surface area contributed by atoms with Gasteiger partial charge in [-0.15, -0.1) is 0 Å². The van der Waals surface area contributed by atoms with E-state index < -0.39 is 5.97 Å². The molecule has 3 heteroatoms. The fourth-order valence-corrected chi connectivity index (χ4v) is 1.45. The summed E-state index contributed by atoms with van der Waals surface area (Å²) >= 11 is 0. The first-order valence-electron chi connectivity index (χ1n) is 5.31. The Hall–Kier alpha value is -1.51. The average molecular weight is 222 g/mol. The zero-order valence-corrected chi connectivity index (χ0v) is 9.99. The van der Waals surface area contributed by atoms with Crippen LogP contribution in [0.1, 0.15) is 25.8 Å². The molecule has 0 heterocycles. The summed E-state index contributed by atoms with van der Waals surface area (Å²) in [6.45, 7) is 6.16. The van der Waals surface area contributed by atoms with Crippen molar-refractivity contribution in [1.82, 2.24) is 0 Å². The largest absolute Gasteiger partial charge is 0.493 e. The van der Waals surface area contributed by atoms with E-state index in [-0.39, 0.29) is 11.8 Å². The highest BCUT2D eigenvalue weighted by molar-refractivity contribution is 5.67. The molecule has 0 aliphatic rings. The van der Waals surface area contributed by atoms with Crippen molar-refractivity contribution < 1.29 is 14.6 Å². The van der Waals surface area contributed by atoms with Crippen LogP contribution in [0.2, 0.25) is 0 Å². The van der Waals surface area contributed by atoms with Gasteiger partial charge in [0.25, 0.3) is 0 Å². The van der Waals surface area contributed by atoms with Crippen molar-refractivity contribution in [2.75, 3.05) is 6.61 Å². The zero-order chi connectivity index (χ0) is 12.2. The van der Waals surface area contributed by atoms with E-state index in [0.717, 1.165) is 11.3 Å². The number of hydrogen-bond donors (Lipinski definition) is 1. The molecule has 0 aromatic heterocycles. The molecular weight excluding hydrogens is 204 g/mol. The Labute approximate surface area is 96.1 Å². The van der Waals surface area contributed by atoms with Crippen LogP contribution < -0.4 is 4.74 Å². The predicted octanol–water partition coefficient (Wildman–Crippen LogP) is 2.87. The van der Waals surface area contributed by atoms with Gasteiger partial charge in [-0.05, 0) is 18.6 Å². The molecule has 16 heavy (non-hydrogen) atoms. The highest BCUT2D eigenvalue weighted by Crippen LogP contribution is 2.24. The summed E-state index contributed by atoms with van der Waals surface area (Å²) in [7, 11) is 0. The van der Waals surface area contributed by atoms with Gasteiger partial charge in [0.2, 0.25) is 0 Å². The summed E-state index contributed by atoms with van der Waals surface area (Å²) < 4.78 is 5.64. The van der Waals surface area contributed by atoms with Gasteiger partial charge in [-0.25, -0.2) is 0 Å². The van der Waals surface area contributed by atoms with Crippen molar-refractivity contribution in [3.05, 3.63) is 29.8 Å². The van der Waals surface area contributed by atoms with Crippen LogP contribution in [0.25, 0.3) is 0 Å². The summed E-state index contributed by atoms with van der Waals surface area (Å²) in [4.78, 5) is 10.6. The predicted molar refractivity (Wildman–Crippen MR) is 62.7 cm³/mol. The minimum absolute atomic E-state index is 0.110. The summed E-state index contributed by atoms with van der Waals surface area (Å²) in [5, 5.41) is 8.75. The number of aliphatic carboxylic acids is 1. The van der Waals surface area contributed by atoms with Gasteiger partial charge < -0.3 is 9.84 Å². The van der Waals surface area contributed by atoms with Gasteiger partial charge in [-0.2, -0.15) is 0 Å². The SMILES string of the molecule is Cc1ccccc1OCC(C)(C)CC(=O)O. The number of benzene rings is 1. The smallest absolute Gasteiger partial charge is 0.304 e. The monoisotopic (exact) mass is 222 g/mol. The van der Waals surface area contributed by atoms with Crippen LogP contribution in [-0.4, -0.2) is 17.7 Å². The third-order valence-corrected chi connectivity index (χ3v) is 2.34. The van der Waals surface area contributed by atoms with Crippen LogP contribution in [-0.2, 0) is 4.79 Å². The molecule has 88 valence electrons. The molecular formula is C13H18O3. The third-order valence-electron chi connectivity index (χ3n) is 2.34. The Kier molecular flexibility index (Phi) is 3.93. The van der Waals surface area contributed by atoms with Crippen LogP contribution in [0.4, 0.5) is 0 Å². The van der Waals surface area contributed by atoms with E-state index >= 15 is 0 Å². The molecule has 3 nitrogen and oxygen atoms in total. The second-order valence-electron chi connectivity index (χ2n) is 4.79. The Bertz CT molecular complexity index is 369. The maximum absolute atomic E-state index is 10.6. The second-order valence-corrected chi connectivity index (χ2v) is 4.79. The number of rotatable bonds is 5. The molecule has 1 N–H and O–H groups in total. The van der Waals surface area contributed by atoms with Gasteiger partial charge in [0.1, 0.15) is 5.75 Å². The van der Waals surface area contributed by atoms with Crippen molar-refractivity contribution in [3.8, 4) is 5.75 Å². The standard InChI is InChI=1S/C13H18O3/c1-10-6-4-5-7-11(10)16-9-13(2,3)8-12(14)15/h4-7H,8-9H2,1-3H3,(H,14,15). The molecule has 0 fully saturated rings. The maximum atomic E-state index is 10.6. The van der Waals surface area contributed by atoms with Crippen molar-refractivity contribution in [1.29, 1.82) is 0 Å². The van der Waals surface area contributed by atoms with E-state index in [1.165, 1.54) is 0 Å². The fraction of sp³-hybridized carbons (Fsp3) is 0.462. The Morgan fingerprint density at radius 2 is 2.00 bits per heavy atom. The number of para-hydroxylation sites is 1. The molecule has 0 radical (unpaired) electrons. The van der Waals surface area contributed by atoms with Crippen LogP contribution in [0, 0.1) is 12.3 Å². The van der Waals surface area contributed by atoms with E-state index in [4.69, 9.17) is 9.84 Å². The van der Waals surface area contributed by atoms with Crippen LogP contribution in [0.5, 0.6) is 5.75 Å². The van der Waals surface area contributed by atoms with Crippen LogP contribution >= 0.6 is 0 Å². The molecule has 1 aromatic carbocycles. The highest BCUT2D eigenvalue weighted by atomic mass is 16.5. The topological polar surface area (TPSA) is 46.5 Å².